The molecule has 0 saturated carbocycles. The van der Waals surface area contributed by atoms with Crippen molar-refractivity contribution in [1.82, 2.24) is 10.1 Å². The minimum absolute atomic E-state index is 0.0295. The summed E-state index contributed by atoms with van der Waals surface area (Å²) < 4.78 is 38.0. The number of ether oxygens (including phenoxy) is 1. The van der Waals surface area contributed by atoms with E-state index in [4.69, 9.17) is 9.26 Å². The molecule has 1 N–H and O–H groups in total. The molecule has 1 atom stereocenters. The normalized spacial score (nSPS) is 17.8. The Hall–Kier alpha value is -3.73. The van der Waals surface area contributed by atoms with Crippen LogP contribution in [0.5, 0.6) is 0 Å². The van der Waals surface area contributed by atoms with Gasteiger partial charge in [0.05, 0.1) is 5.75 Å². The molecule has 160 valence electrons. The summed E-state index contributed by atoms with van der Waals surface area (Å²) in [6.07, 6.45) is 3.30. The van der Waals surface area contributed by atoms with E-state index in [1.807, 2.05) is 0 Å². The van der Waals surface area contributed by atoms with Gasteiger partial charge in [-0.25, -0.2) is 13.2 Å². The molecule has 0 fully saturated rings. The second-order valence-corrected chi connectivity index (χ2v) is 8.58. The number of fused-ring (bicyclic) bond motifs is 1. The fraction of sp³-hybridized carbons (Fsp3) is 0.200. The lowest BCUT2D eigenvalue weighted by molar-refractivity contribution is -0.150. The minimum atomic E-state index is -3.69. The van der Waals surface area contributed by atoms with Crippen molar-refractivity contribution >= 4 is 33.6 Å². The molecule has 1 unspecified atom stereocenters. The second kappa shape index (κ2) is 8.19. The summed E-state index contributed by atoms with van der Waals surface area (Å²) in [6.45, 7) is 1.83. The fourth-order valence-electron chi connectivity index (χ4n) is 3.06. The zero-order chi connectivity index (χ0) is 22.0. The molecule has 1 amide bonds. The van der Waals surface area contributed by atoms with Gasteiger partial charge in [-0.15, -0.1) is 4.40 Å². The van der Waals surface area contributed by atoms with Gasteiger partial charge in [0, 0.05) is 24.4 Å². The number of carbonyl (C=O) groups is 2. The molecule has 10 nitrogen and oxygen atoms in total. The van der Waals surface area contributed by atoms with Crippen molar-refractivity contribution in [1.29, 1.82) is 0 Å². The third kappa shape index (κ3) is 4.56. The highest BCUT2D eigenvalue weighted by molar-refractivity contribution is 7.90. The number of benzene rings is 1. The van der Waals surface area contributed by atoms with Crippen LogP contribution in [0.15, 0.2) is 69.2 Å². The second-order valence-electron chi connectivity index (χ2n) is 6.82. The molecule has 0 spiro atoms. The monoisotopic (exact) mass is 442 g/mol. The molecule has 3 heterocycles. The van der Waals surface area contributed by atoms with E-state index in [2.05, 4.69) is 14.9 Å². The Labute approximate surface area is 177 Å². The van der Waals surface area contributed by atoms with E-state index in [1.54, 1.807) is 54.4 Å². The number of rotatable bonds is 5. The molecule has 4 rings (SSSR count). The predicted octanol–water partition coefficient (Wildman–Crippen LogP) is 1.70. The van der Waals surface area contributed by atoms with Gasteiger partial charge in [-0.05, 0) is 19.1 Å². The Bertz CT molecular complexity index is 1210. The van der Waals surface area contributed by atoms with Crippen LogP contribution in [-0.4, -0.2) is 48.5 Å². The molecule has 0 saturated heterocycles. The summed E-state index contributed by atoms with van der Waals surface area (Å²) in [4.78, 5) is 27.4. The topological polar surface area (TPSA) is 131 Å². The van der Waals surface area contributed by atoms with Gasteiger partial charge in [0.2, 0.25) is 6.10 Å². The molecule has 11 heteroatoms. The number of nitrogens with zero attached hydrogens (tertiary/aromatic N) is 3. The van der Waals surface area contributed by atoms with Gasteiger partial charge in [0.15, 0.2) is 11.7 Å². The highest BCUT2D eigenvalue weighted by Gasteiger charge is 2.34. The summed E-state index contributed by atoms with van der Waals surface area (Å²) in [5.74, 6) is -1.04. The number of sulfonamides is 1. The number of hydrogen-bond acceptors (Lipinski definition) is 8. The molecule has 2 aromatic rings. The maximum Gasteiger partial charge on any atom is 0.343 e. The largest absolute Gasteiger partial charge is 0.444 e. The third-order valence-corrected chi connectivity index (χ3v) is 5.67. The van der Waals surface area contributed by atoms with Crippen LogP contribution in [0.2, 0.25) is 0 Å². The summed E-state index contributed by atoms with van der Waals surface area (Å²) >= 11 is 0. The molecule has 2 aliphatic rings. The molecule has 1 aromatic carbocycles. The van der Waals surface area contributed by atoms with Gasteiger partial charge in [0.25, 0.3) is 15.9 Å². The third-order valence-electron chi connectivity index (χ3n) is 4.52. The van der Waals surface area contributed by atoms with E-state index in [9.17, 15) is 18.0 Å². The summed E-state index contributed by atoms with van der Waals surface area (Å²) in [5.41, 5.74) is 0.368. The quantitative estimate of drug-likeness (QED) is 0.693. The van der Waals surface area contributed by atoms with E-state index in [-0.39, 0.29) is 29.5 Å². The van der Waals surface area contributed by atoms with Crippen molar-refractivity contribution in [3.63, 3.8) is 0 Å². The minimum Gasteiger partial charge on any atom is -0.444 e. The maximum atomic E-state index is 13.0. The lowest BCUT2D eigenvalue weighted by atomic mass is 10.1. The number of aryl methyl sites for hydroxylation is 1. The zero-order valence-electron chi connectivity index (χ0n) is 16.4. The molecule has 0 bridgehead atoms. The Morgan fingerprint density at radius 2 is 2.03 bits per heavy atom. The van der Waals surface area contributed by atoms with Crippen LogP contribution in [0.3, 0.4) is 0 Å². The number of allylic oxidation sites excluding steroid dienone is 2. The first-order valence-corrected chi connectivity index (χ1v) is 10.9. The number of hydrogen-bond donors (Lipinski definition) is 1. The van der Waals surface area contributed by atoms with Crippen molar-refractivity contribution in [3.05, 3.63) is 71.6 Å². The van der Waals surface area contributed by atoms with Crippen molar-refractivity contribution in [2.24, 2.45) is 4.40 Å². The highest BCUT2D eigenvalue weighted by Crippen LogP contribution is 2.24. The number of amides is 1. The first kappa shape index (κ1) is 20.5. The van der Waals surface area contributed by atoms with Crippen molar-refractivity contribution < 1.29 is 27.3 Å². The molecular weight excluding hydrogens is 424 g/mol. The average Bonchev–Trinajstić information content (AvgIpc) is 3.15. The standard InChI is InChI=1S/C20H18N4O6S/c1-13-12-16(22-30-13)21-19(25)17(14-6-3-2-4-7-14)29-20(26)15-8-5-9-24-10-11-31(27,28)23-18(15)24/h2-9,12,17H,10-11H2,1H3,(H,21,22,25). The van der Waals surface area contributed by atoms with Gasteiger partial charge >= 0.3 is 5.97 Å². The van der Waals surface area contributed by atoms with E-state index in [1.165, 1.54) is 12.1 Å². The highest BCUT2D eigenvalue weighted by atomic mass is 32.2. The fourth-order valence-corrected chi connectivity index (χ4v) is 4.05. The number of esters is 1. The average molecular weight is 442 g/mol. The molecule has 1 aromatic heterocycles. The number of carbonyl (C=O) groups excluding carboxylic acids is 2. The van der Waals surface area contributed by atoms with Gasteiger partial charge < -0.3 is 19.5 Å². The number of anilines is 1. The van der Waals surface area contributed by atoms with Crippen LogP contribution >= 0.6 is 0 Å². The Morgan fingerprint density at radius 3 is 2.74 bits per heavy atom. The van der Waals surface area contributed by atoms with Gasteiger partial charge in [-0.3, -0.25) is 4.79 Å². The van der Waals surface area contributed by atoms with E-state index in [0.29, 0.717) is 11.3 Å². The molecule has 0 radical (unpaired) electrons. The maximum absolute atomic E-state index is 13.0. The van der Waals surface area contributed by atoms with Gasteiger partial charge in [-0.1, -0.05) is 35.5 Å². The zero-order valence-corrected chi connectivity index (χ0v) is 17.2. The molecule has 2 aliphatic heterocycles. The SMILES string of the molecule is Cc1cc(NC(=O)C(OC(=O)C2=CC=CN3CCS(=O)(=O)N=C23)c2ccccc2)no1. The van der Waals surface area contributed by atoms with Gasteiger partial charge in [-0.2, -0.15) is 0 Å². The van der Waals surface area contributed by atoms with Crippen LogP contribution in [0, 0.1) is 6.92 Å². The van der Waals surface area contributed by atoms with Crippen molar-refractivity contribution in [2.45, 2.75) is 13.0 Å². The van der Waals surface area contributed by atoms with E-state index >= 15 is 0 Å². The van der Waals surface area contributed by atoms with Crippen LogP contribution in [0.4, 0.5) is 5.82 Å². The Balaban J connectivity index is 1.61. The first-order chi connectivity index (χ1) is 14.8. The molecular formula is C20H18N4O6S. The van der Waals surface area contributed by atoms with Crippen LogP contribution in [0.25, 0.3) is 0 Å². The van der Waals surface area contributed by atoms with E-state index < -0.39 is 28.0 Å². The summed E-state index contributed by atoms with van der Waals surface area (Å²) in [7, 11) is -3.69. The summed E-state index contributed by atoms with van der Waals surface area (Å²) in [5, 5.41) is 6.26. The van der Waals surface area contributed by atoms with Gasteiger partial charge in [0.1, 0.15) is 11.3 Å². The number of aromatic nitrogens is 1. The first-order valence-electron chi connectivity index (χ1n) is 9.31. The number of amidine groups is 1. The van der Waals surface area contributed by atoms with Crippen LogP contribution < -0.4 is 5.32 Å². The lowest BCUT2D eigenvalue weighted by Crippen LogP contribution is -2.40. The molecule has 31 heavy (non-hydrogen) atoms. The summed E-state index contributed by atoms with van der Waals surface area (Å²) in [6, 6.07) is 9.95. The Morgan fingerprint density at radius 1 is 1.26 bits per heavy atom. The molecule has 0 aliphatic carbocycles. The predicted molar refractivity (Wildman–Crippen MR) is 110 cm³/mol. The smallest absolute Gasteiger partial charge is 0.343 e. The number of nitrogens with one attached hydrogen (secondary N) is 1. The Kier molecular flexibility index (Phi) is 5.42. The van der Waals surface area contributed by atoms with Crippen LogP contribution in [0.1, 0.15) is 17.4 Å². The lowest BCUT2D eigenvalue weighted by Gasteiger charge is -2.28. The van der Waals surface area contributed by atoms with Crippen molar-refractivity contribution in [3.8, 4) is 0 Å². The van der Waals surface area contributed by atoms with E-state index in [0.717, 1.165) is 0 Å². The van der Waals surface area contributed by atoms with Crippen molar-refractivity contribution in [2.75, 3.05) is 17.6 Å². The van der Waals surface area contributed by atoms with Crippen LogP contribution in [-0.2, 0) is 24.3 Å².